The number of aromatic nitrogens is 4. The normalized spacial score (nSPS) is 12.3. The number of hydrogen-bond acceptors (Lipinski definition) is 4. The molecule has 112 valence electrons. The maximum Gasteiger partial charge on any atom is 0.214 e. The molecule has 0 N–H and O–H groups in total. The van der Waals surface area contributed by atoms with E-state index >= 15 is 0 Å². The Balaban J connectivity index is 1.89. The largest absolute Gasteiger partial charge is 0.214 e. The van der Waals surface area contributed by atoms with Gasteiger partial charge in [-0.05, 0) is 60.0 Å². The Hall–Kier alpha value is -2.14. The molecule has 0 fully saturated rings. The van der Waals surface area contributed by atoms with Crippen LogP contribution in [0.2, 0.25) is 0 Å². The van der Waals surface area contributed by atoms with Crippen molar-refractivity contribution in [3.05, 3.63) is 65.2 Å². The zero-order chi connectivity index (χ0) is 15.5. The highest BCUT2D eigenvalue weighted by Gasteiger charge is 2.14. The molecule has 3 rings (SSSR count). The molecule has 3 aromatic rings. The van der Waals surface area contributed by atoms with Gasteiger partial charge in [0, 0.05) is 5.25 Å². The quantitative estimate of drug-likeness (QED) is 0.680. The number of aryl methyl sites for hydroxylation is 2. The summed E-state index contributed by atoms with van der Waals surface area (Å²) in [7, 11) is 0. The third-order valence-corrected chi connectivity index (χ3v) is 4.53. The average Bonchev–Trinajstić information content (AvgIpc) is 2.95. The molecule has 4 nitrogen and oxygen atoms in total. The topological polar surface area (TPSA) is 43.6 Å². The first-order valence-corrected chi connectivity index (χ1v) is 8.10. The van der Waals surface area contributed by atoms with Gasteiger partial charge < -0.3 is 0 Å². The summed E-state index contributed by atoms with van der Waals surface area (Å²) in [4.78, 5) is 0. The second-order valence-corrected chi connectivity index (χ2v) is 6.70. The van der Waals surface area contributed by atoms with E-state index in [1.807, 2.05) is 10.7 Å². The van der Waals surface area contributed by atoms with Crippen molar-refractivity contribution in [2.75, 3.05) is 0 Å². The van der Waals surface area contributed by atoms with Crippen LogP contribution in [0.1, 0.15) is 28.9 Å². The Bertz CT molecular complexity index is 747. The van der Waals surface area contributed by atoms with Gasteiger partial charge in [0.15, 0.2) is 0 Å². The monoisotopic (exact) mass is 310 g/mol. The van der Waals surface area contributed by atoms with Gasteiger partial charge in [-0.1, -0.05) is 48.2 Å². The predicted octanol–water partition coefficient (Wildman–Crippen LogP) is 4.13. The molecule has 0 unspecified atom stereocenters. The zero-order valence-electron chi connectivity index (χ0n) is 12.9. The molecule has 0 saturated heterocycles. The van der Waals surface area contributed by atoms with Crippen molar-refractivity contribution in [1.29, 1.82) is 0 Å². The Morgan fingerprint density at radius 3 is 2.36 bits per heavy atom. The minimum Gasteiger partial charge on any atom is -0.187 e. The maximum atomic E-state index is 4.18. The second kappa shape index (κ2) is 6.32. The van der Waals surface area contributed by atoms with E-state index in [1.54, 1.807) is 11.8 Å². The molecule has 5 heteroatoms. The van der Waals surface area contributed by atoms with Crippen molar-refractivity contribution in [2.24, 2.45) is 0 Å². The molecule has 0 saturated carbocycles. The first-order chi connectivity index (χ1) is 10.6. The van der Waals surface area contributed by atoms with Crippen LogP contribution >= 0.6 is 11.8 Å². The molecule has 2 aromatic carbocycles. The van der Waals surface area contributed by atoms with Crippen molar-refractivity contribution in [1.82, 2.24) is 20.2 Å². The van der Waals surface area contributed by atoms with Crippen LogP contribution in [0, 0.1) is 13.8 Å². The van der Waals surface area contributed by atoms with Crippen molar-refractivity contribution >= 4 is 11.8 Å². The summed E-state index contributed by atoms with van der Waals surface area (Å²) < 4.78 is 1.81. The van der Waals surface area contributed by atoms with Gasteiger partial charge in [0.05, 0.1) is 5.69 Å². The number of benzene rings is 2. The van der Waals surface area contributed by atoms with Crippen LogP contribution in [0.3, 0.4) is 0 Å². The zero-order valence-corrected chi connectivity index (χ0v) is 13.7. The molecule has 0 radical (unpaired) electrons. The van der Waals surface area contributed by atoms with Gasteiger partial charge >= 0.3 is 0 Å². The standard InChI is InChI=1S/C17H18N4S/c1-12-9-13(2)11-16(10-12)21-17(18-19-20-21)22-14(3)15-7-5-4-6-8-15/h4-11,14H,1-3H3/t14-/m0/s1. The van der Waals surface area contributed by atoms with E-state index in [1.165, 1.54) is 16.7 Å². The van der Waals surface area contributed by atoms with Crippen molar-refractivity contribution in [3.8, 4) is 5.69 Å². The van der Waals surface area contributed by atoms with Crippen LogP contribution in [0.5, 0.6) is 0 Å². The van der Waals surface area contributed by atoms with E-state index in [0.717, 1.165) is 10.8 Å². The van der Waals surface area contributed by atoms with Crippen molar-refractivity contribution in [2.45, 2.75) is 31.2 Å². The van der Waals surface area contributed by atoms with Crippen molar-refractivity contribution < 1.29 is 0 Å². The van der Waals surface area contributed by atoms with E-state index in [-0.39, 0.29) is 5.25 Å². The fraction of sp³-hybridized carbons (Fsp3) is 0.235. The van der Waals surface area contributed by atoms with Gasteiger partial charge in [-0.3, -0.25) is 0 Å². The number of rotatable bonds is 4. The van der Waals surface area contributed by atoms with E-state index in [0.29, 0.717) is 0 Å². The third-order valence-electron chi connectivity index (χ3n) is 3.44. The highest BCUT2D eigenvalue weighted by Crippen LogP contribution is 2.33. The van der Waals surface area contributed by atoms with E-state index in [9.17, 15) is 0 Å². The van der Waals surface area contributed by atoms with Gasteiger partial charge in [-0.15, -0.1) is 5.10 Å². The van der Waals surface area contributed by atoms with Crippen LogP contribution in [0.4, 0.5) is 0 Å². The Labute approximate surface area is 134 Å². The van der Waals surface area contributed by atoms with Crippen LogP contribution < -0.4 is 0 Å². The molecule has 1 atom stereocenters. The molecule has 0 bridgehead atoms. The fourth-order valence-corrected chi connectivity index (χ4v) is 3.37. The summed E-state index contributed by atoms with van der Waals surface area (Å²) in [6.07, 6.45) is 0. The van der Waals surface area contributed by atoms with Gasteiger partial charge in [0.1, 0.15) is 0 Å². The van der Waals surface area contributed by atoms with Gasteiger partial charge in [-0.2, -0.15) is 4.68 Å². The molecule has 0 amide bonds. The molecule has 1 aromatic heterocycles. The predicted molar refractivity (Wildman–Crippen MR) is 89.3 cm³/mol. The third kappa shape index (κ3) is 3.20. The molecule has 0 aliphatic rings. The van der Waals surface area contributed by atoms with Crippen LogP contribution in [0.25, 0.3) is 5.69 Å². The van der Waals surface area contributed by atoms with E-state index in [2.05, 4.69) is 78.8 Å². The van der Waals surface area contributed by atoms with E-state index in [4.69, 9.17) is 0 Å². The number of hydrogen-bond donors (Lipinski definition) is 0. The van der Waals surface area contributed by atoms with Gasteiger partial charge in [0.25, 0.3) is 0 Å². The smallest absolute Gasteiger partial charge is 0.187 e. The highest BCUT2D eigenvalue weighted by atomic mass is 32.2. The molecule has 22 heavy (non-hydrogen) atoms. The lowest BCUT2D eigenvalue weighted by Gasteiger charge is -2.11. The molecule has 1 heterocycles. The number of tetrazole rings is 1. The highest BCUT2D eigenvalue weighted by molar-refractivity contribution is 7.99. The minimum absolute atomic E-state index is 0.289. The second-order valence-electron chi connectivity index (χ2n) is 5.39. The SMILES string of the molecule is Cc1cc(C)cc(-n2nnnc2S[C@@H](C)c2ccccc2)c1. The first-order valence-electron chi connectivity index (χ1n) is 7.22. The average molecular weight is 310 g/mol. The molecule has 0 spiro atoms. The summed E-state index contributed by atoms with van der Waals surface area (Å²) >= 11 is 1.66. The summed E-state index contributed by atoms with van der Waals surface area (Å²) in [5.41, 5.74) is 4.68. The lowest BCUT2D eigenvalue weighted by Crippen LogP contribution is -2.01. The molecule has 0 aliphatic carbocycles. The minimum atomic E-state index is 0.289. The lowest BCUT2D eigenvalue weighted by atomic mass is 10.1. The summed E-state index contributed by atoms with van der Waals surface area (Å²) in [6.45, 7) is 6.33. The maximum absolute atomic E-state index is 4.18. The van der Waals surface area contributed by atoms with Crippen LogP contribution in [-0.2, 0) is 0 Å². The number of nitrogens with zero attached hydrogens (tertiary/aromatic N) is 4. The lowest BCUT2D eigenvalue weighted by molar-refractivity contribution is 0.753. The van der Waals surface area contributed by atoms with Crippen LogP contribution in [-0.4, -0.2) is 20.2 Å². The number of thioether (sulfide) groups is 1. The van der Waals surface area contributed by atoms with Crippen LogP contribution in [0.15, 0.2) is 53.7 Å². The molecular formula is C17H18N4S. The Kier molecular flexibility index (Phi) is 4.24. The van der Waals surface area contributed by atoms with Crippen molar-refractivity contribution in [3.63, 3.8) is 0 Å². The molecular weight excluding hydrogens is 292 g/mol. The van der Waals surface area contributed by atoms with E-state index < -0.39 is 0 Å². The Morgan fingerprint density at radius 2 is 1.68 bits per heavy atom. The molecule has 0 aliphatic heterocycles. The van der Waals surface area contributed by atoms with Gasteiger partial charge in [0.2, 0.25) is 5.16 Å². The summed E-state index contributed by atoms with van der Waals surface area (Å²) in [6, 6.07) is 16.7. The first kappa shape index (κ1) is 14.8. The Morgan fingerprint density at radius 1 is 1.00 bits per heavy atom. The fourth-order valence-electron chi connectivity index (χ4n) is 2.44. The summed E-state index contributed by atoms with van der Waals surface area (Å²) in [5, 5.41) is 13.3. The summed E-state index contributed by atoms with van der Waals surface area (Å²) in [5.74, 6) is 0. The van der Waals surface area contributed by atoms with Gasteiger partial charge in [-0.25, -0.2) is 0 Å².